The first kappa shape index (κ1) is 21.3. The Kier molecular flexibility index (Phi) is 6.32. The van der Waals surface area contributed by atoms with Gasteiger partial charge in [-0.2, -0.15) is 18.3 Å². The first-order valence-corrected chi connectivity index (χ1v) is 8.44. The fourth-order valence-corrected chi connectivity index (χ4v) is 2.88. The van der Waals surface area contributed by atoms with Crippen molar-refractivity contribution in [2.75, 3.05) is 5.32 Å². The van der Waals surface area contributed by atoms with E-state index in [1.54, 1.807) is 12.1 Å². The molecule has 0 aliphatic rings. The molecular formula is C18H21F3N4O3. The van der Waals surface area contributed by atoms with Crippen LogP contribution in [-0.2, 0) is 18.3 Å². The molecule has 1 aromatic heterocycles. The Morgan fingerprint density at radius 2 is 1.96 bits per heavy atom. The second kappa shape index (κ2) is 8.32. The van der Waals surface area contributed by atoms with E-state index in [0.29, 0.717) is 11.3 Å². The number of carboxylic acid groups (broad SMARTS) is 1. The topological polar surface area (TPSA) is 96.3 Å². The maximum atomic E-state index is 13.6. The molecule has 1 atom stereocenters. The van der Waals surface area contributed by atoms with E-state index in [1.807, 2.05) is 5.32 Å². The second-order valence-electron chi connectivity index (χ2n) is 6.38. The third-order valence-corrected chi connectivity index (χ3v) is 4.27. The largest absolute Gasteiger partial charge is 0.481 e. The Morgan fingerprint density at radius 3 is 2.50 bits per heavy atom. The number of halogens is 3. The van der Waals surface area contributed by atoms with Gasteiger partial charge in [0.15, 0.2) is 6.04 Å². The Morgan fingerprint density at radius 1 is 1.29 bits per heavy atom. The van der Waals surface area contributed by atoms with Crippen molar-refractivity contribution in [3.05, 3.63) is 46.8 Å². The van der Waals surface area contributed by atoms with E-state index in [9.17, 15) is 22.8 Å². The molecule has 1 heterocycles. The molecule has 0 spiro atoms. The summed E-state index contributed by atoms with van der Waals surface area (Å²) in [5.41, 5.74) is 1.29. The smallest absolute Gasteiger partial charge is 0.413 e. The van der Waals surface area contributed by atoms with Crippen molar-refractivity contribution in [2.45, 2.75) is 38.9 Å². The Balaban J connectivity index is 2.17. The Labute approximate surface area is 159 Å². The van der Waals surface area contributed by atoms with Crippen molar-refractivity contribution in [1.82, 2.24) is 15.1 Å². The number of alkyl halides is 3. The quantitative estimate of drug-likeness (QED) is 0.694. The molecule has 0 radical (unpaired) electrons. The number of amides is 2. The number of hydrogen-bond donors (Lipinski definition) is 3. The lowest BCUT2D eigenvalue weighted by Crippen LogP contribution is -2.41. The molecule has 1 aromatic carbocycles. The van der Waals surface area contributed by atoms with Crippen LogP contribution >= 0.6 is 0 Å². The summed E-state index contributed by atoms with van der Waals surface area (Å²) in [4.78, 5) is 22.9. The van der Waals surface area contributed by atoms with Gasteiger partial charge in [-0.05, 0) is 38.0 Å². The van der Waals surface area contributed by atoms with Crippen LogP contribution in [0.3, 0.4) is 0 Å². The fourth-order valence-electron chi connectivity index (χ4n) is 2.88. The van der Waals surface area contributed by atoms with Gasteiger partial charge in [0.2, 0.25) is 0 Å². The number of urea groups is 1. The van der Waals surface area contributed by atoms with Gasteiger partial charge in [-0.15, -0.1) is 0 Å². The lowest BCUT2D eigenvalue weighted by atomic mass is 10.0. The van der Waals surface area contributed by atoms with Crippen LogP contribution in [-0.4, -0.2) is 33.1 Å². The number of rotatable bonds is 6. The van der Waals surface area contributed by atoms with Crippen LogP contribution < -0.4 is 10.6 Å². The van der Waals surface area contributed by atoms with Crippen molar-refractivity contribution in [2.24, 2.45) is 7.05 Å². The highest BCUT2D eigenvalue weighted by molar-refractivity contribution is 5.89. The molecule has 1 unspecified atom stereocenters. The predicted molar refractivity (Wildman–Crippen MR) is 96.0 cm³/mol. The molecule has 0 saturated carbocycles. The molecule has 2 aromatic rings. The number of carbonyl (C=O) groups excluding carboxylic acids is 1. The minimum Gasteiger partial charge on any atom is -0.481 e. The number of aromatic nitrogens is 2. The fraction of sp³-hybridized carbons (Fsp3) is 0.389. The van der Waals surface area contributed by atoms with Crippen molar-refractivity contribution >= 4 is 17.7 Å². The van der Waals surface area contributed by atoms with Crippen molar-refractivity contribution in [3.63, 3.8) is 0 Å². The highest BCUT2D eigenvalue weighted by Crippen LogP contribution is 2.35. The molecule has 0 fully saturated rings. The van der Waals surface area contributed by atoms with E-state index in [4.69, 9.17) is 5.11 Å². The van der Waals surface area contributed by atoms with Crippen molar-refractivity contribution in [3.8, 4) is 0 Å². The zero-order valence-corrected chi connectivity index (χ0v) is 15.6. The van der Waals surface area contributed by atoms with Crippen LogP contribution in [0.1, 0.15) is 35.0 Å². The van der Waals surface area contributed by atoms with Gasteiger partial charge in [0.1, 0.15) is 0 Å². The first-order valence-electron chi connectivity index (χ1n) is 8.44. The summed E-state index contributed by atoms with van der Waals surface area (Å²) in [6.07, 6.45) is -4.56. The van der Waals surface area contributed by atoms with Crippen molar-refractivity contribution in [1.29, 1.82) is 0 Å². The molecule has 3 N–H and O–H groups in total. The highest BCUT2D eigenvalue weighted by Gasteiger charge is 2.44. The van der Waals surface area contributed by atoms with Crippen molar-refractivity contribution < 1.29 is 27.9 Å². The first-order chi connectivity index (χ1) is 13.0. The summed E-state index contributed by atoms with van der Waals surface area (Å²) >= 11 is 0. The van der Waals surface area contributed by atoms with Crippen LogP contribution in [0.4, 0.5) is 23.7 Å². The number of benzene rings is 1. The molecule has 152 valence electrons. The van der Waals surface area contributed by atoms with E-state index >= 15 is 0 Å². The molecule has 10 heteroatoms. The van der Waals surface area contributed by atoms with E-state index < -0.39 is 24.2 Å². The van der Waals surface area contributed by atoms with E-state index in [2.05, 4.69) is 10.4 Å². The zero-order chi connectivity index (χ0) is 21.1. The normalized spacial score (nSPS) is 12.5. The molecular weight excluding hydrogens is 377 g/mol. The molecule has 7 nitrogen and oxygen atoms in total. The lowest BCUT2D eigenvalue weighted by Gasteiger charge is -2.22. The van der Waals surface area contributed by atoms with Gasteiger partial charge in [-0.3, -0.25) is 9.48 Å². The number of aryl methyl sites for hydroxylation is 3. The minimum absolute atomic E-state index is 0.0919. The van der Waals surface area contributed by atoms with Gasteiger partial charge in [-0.25, -0.2) is 4.79 Å². The molecule has 0 aliphatic heterocycles. The van der Waals surface area contributed by atoms with Crippen LogP contribution in [0.5, 0.6) is 0 Å². The number of carbonyl (C=O) groups is 2. The van der Waals surface area contributed by atoms with Gasteiger partial charge >= 0.3 is 18.2 Å². The molecule has 0 bridgehead atoms. The number of hydrogen-bond acceptors (Lipinski definition) is 3. The third kappa shape index (κ3) is 5.24. The van der Waals surface area contributed by atoms with Gasteiger partial charge in [0, 0.05) is 30.4 Å². The minimum atomic E-state index is -4.71. The number of nitrogens with one attached hydrogen (secondary N) is 2. The van der Waals surface area contributed by atoms with E-state index in [-0.39, 0.29) is 29.8 Å². The summed E-state index contributed by atoms with van der Waals surface area (Å²) in [5.74, 6) is -0.966. The summed E-state index contributed by atoms with van der Waals surface area (Å²) < 4.78 is 42.1. The summed E-state index contributed by atoms with van der Waals surface area (Å²) in [5, 5.41) is 17.0. The monoisotopic (exact) mass is 398 g/mol. The SMILES string of the molecule is Cc1nn(C)c(C)c1C(NC(=O)Nc1cccc(CCC(=O)O)c1)C(F)(F)F. The molecule has 2 amide bonds. The average molecular weight is 398 g/mol. The second-order valence-corrected chi connectivity index (χ2v) is 6.38. The summed E-state index contributed by atoms with van der Waals surface area (Å²) in [6.45, 7) is 2.95. The maximum absolute atomic E-state index is 13.6. The number of anilines is 1. The molecule has 2 rings (SSSR count). The zero-order valence-electron chi connectivity index (χ0n) is 15.6. The van der Waals surface area contributed by atoms with Gasteiger partial charge < -0.3 is 15.7 Å². The predicted octanol–water partition coefficient (Wildman–Crippen LogP) is 3.48. The van der Waals surface area contributed by atoms with Crippen LogP contribution in [0.25, 0.3) is 0 Å². The molecule has 0 aliphatic carbocycles. The third-order valence-electron chi connectivity index (χ3n) is 4.27. The number of nitrogens with zero attached hydrogens (tertiary/aromatic N) is 2. The maximum Gasteiger partial charge on any atom is 0.413 e. The summed E-state index contributed by atoms with van der Waals surface area (Å²) in [7, 11) is 1.53. The van der Waals surface area contributed by atoms with Crippen LogP contribution in [0, 0.1) is 13.8 Å². The standard InChI is InChI=1S/C18H21F3N4O3/c1-10-15(11(2)25(3)24-10)16(18(19,20)21)23-17(28)22-13-6-4-5-12(9-13)7-8-14(26)27/h4-6,9,16H,7-8H2,1-3H3,(H,26,27)(H2,22,23,28). The molecule has 28 heavy (non-hydrogen) atoms. The highest BCUT2D eigenvalue weighted by atomic mass is 19.4. The summed E-state index contributed by atoms with van der Waals surface area (Å²) in [6, 6.07) is 3.05. The van der Waals surface area contributed by atoms with E-state index in [1.165, 1.54) is 37.7 Å². The van der Waals surface area contributed by atoms with Gasteiger partial charge in [-0.1, -0.05) is 12.1 Å². The molecule has 0 saturated heterocycles. The van der Waals surface area contributed by atoms with Crippen LogP contribution in [0.2, 0.25) is 0 Å². The average Bonchev–Trinajstić information content (AvgIpc) is 2.82. The van der Waals surface area contributed by atoms with E-state index in [0.717, 1.165) is 0 Å². The van der Waals surface area contributed by atoms with Gasteiger partial charge in [0.05, 0.1) is 5.69 Å². The number of carboxylic acids is 1. The lowest BCUT2D eigenvalue weighted by molar-refractivity contribution is -0.155. The van der Waals surface area contributed by atoms with Gasteiger partial charge in [0.25, 0.3) is 0 Å². The number of aliphatic carboxylic acids is 1. The van der Waals surface area contributed by atoms with Crippen LogP contribution in [0.15, 0.2) is 24.3 Å². The Bertz CT molecular complexity index is 877. The Hall–Kier alpha value is -3.04.